The van der Waals surface area contributed by atoms with E-state index in [4.69, 9.17) is 4.74 Å². The van der Waals surface area contributed by atoms with E-state index in [0.29, 0.717) is 35.2 Å². The van der Waals surface area contributed by atoms with Crippen LogP contribution in [0.3, 0.4) is 0 Å². The Morgan fingerprint density at radius 2 is 1.87 bits per heavy atom. The summed E-state index contributed by atoms with van der Waals surface area (Å²) in [5.41, 5.74) is 2.43. The van der Waals surface area contributed by atoms with Crippen LogP contribution in [0, 0.1) is 12.7 Å². The summed E-state index contributed by atoms with van der Waals surface area (Å²) >= 11 is 1.20. The topological polar surface area (TPSA) is 87.4 Å². The number of benzene rings is 2. The van der Waals surface area contributed by atoms with Gasteiger partial charge in [0, 0.05) is 37.4 Å². The van der Waals surface area contributed by atoms with Crippen molar-refractivity contribution in [1.82, 2.24) is 19.2 Å². The van der Waals surface area contributed by atoms with Gasteiger partial charge in [-0.15, -0.1) is 0 Å². The largest absolute Gasteiger partial charge is 0.503 e. The molecule has 1 amide bonds. The lowest BCUT2D eigenvalue weighted by molar-refractivity contribution is -0.129. The fraction of sp³-hybridized carbons (Fsp3) is 0.321. The number of carbonyl (C=O) groups is 2. The fourth-order valence-corrected chi connectivity index (χ4v) is 6.52. The highest BCUT2D eigenvalue weighted by atomic mass is 32.1. The Balaban J connectivity index is 1.37. The number of thiazole rings is 1. The Morgan fingerprint density at radius 1 is 1.13 bits per heavy atom. The van der Waals surface area contributed by atoms with E-state index in [9.17, 15) is 14.7 Å². The van der Waals surface area contributed by atoms with Crippen LogP contribution in [-0.2, 0) is 9.53 Å². The second-order valence-corrected chi connectivity index (χ2v) is 10.5. The van der Waals surface area contributed by atoms with Crippen molar-refractivity contribution < 1.29 is 23.8 Å². The van der Waals surface area contributed by atoms with E-state index in [-0.39, 0.29) is 17.7 Å². The monoisotopic (exact) mass is 534 g/mol. The molecule has 4 aromatic rings. The van der Waals surface area contributed by atoms with Gasteiger partial charge >= 0.3 is 0 Å². The zero-order valence-corrected chi connectivity index (χ0v) is 21.7. The first-order valence-corrected chi connectivity index (χ1v) is 13.5. The van der Waals surface area contributed by atoms with Crippen molar-refractivity contribution in [3.63, 3.8) is 0 Å². The van der Waals surface area contributed by atoms with E-state index >= 15 is 4.39 Å². The van der Waals surface area contributed by atoms with E-state index in [1.54, 1.807) is 18.2 Å². The Labute approximate surface area is 222 Å². The second kappa shape index (κ2) is 9.94. The maximum absolute atomic E-state index is 15.1. The summed E-state index contributed by atoms with van der Waals surface area (Å²) in [5, 5.41) is 11.0. The van der Waals surface area contributed by atoms with Crippen LogP contribution in [0.2, 0.25) is 0 Å². The first kappa shape index (κ1) is 24.7. The molecular formula is C28H27FN4O4S. The molecule has 1 unspecified atom stereocenters. The van der Waals surface area contributed by atoms with E-state index in [0.717, 1.165) is 30.7 Å². The summed E-state index contributed by atoms with van der Waals surface area (Å²) in [6.45, 7) is 5.78. The quantitative estimate of drug-likeness (QED) is 0.356. The molecule has 6 rings (SSSR count). The van der Waals surface area contributed by atoms with Gasteiger partial charge in [0.15, 0.2) is 10.7 Å². The predicted molar refractivity (Wildman–Crippen MR) is 142 cm³/mol. The minimum absolute atomic E-state index is 0.0941. The SMILES string of the molecule is Cc1c(C(=O)C2=C(O)C(=O)N(CCCN3CCOCC3)C2c2ccccc2F)sc2nc3ccccc3n12. The maximum Gasteiger partial charge on any atom is 0.290 e. The number of hydrogen-bond donors (Lipinski definition) is 1. The molecule has 2 aromatic heterocycles. The molecule has 2 aliphatic rings. The van der Waals surface area contributed by atoms with Crippen molar-refractivity contribution in [2.45, 2.75) is 19.4 Å². The van der Waals surface area contributed by atoms with Gasteiger partial charge in [-0.05, 0) is 31.5 Å². The van der Waals surface area contributed by atoms with Crippen LogP contribution in [0.1, 0.15) is 33.4 Å². The van der Waals surface area contributed by atoms with Crippen molar-refractivity contribution in [3.05, 3.63) is 81.8 Å². The van der Waals surface area contributed by atoms with Crippen molar-refractivity contribution in [2.24, 2.45) is 0 Å². The summed E-state index contributed by atoms with van der Waals surface area (Å²) in [6.07, 6.45) is 0.614. The molecule has 1 saturated heterocycles. The lowest BCUT2D eigenvalue weighted by Crippen LogP contribution is -2.39. The van der Waals surface area contributed by atoms with Crippen molar-refractivity contribution in [1.29, 1.82) is 0 Å². The maximum atomic E-state index is 15.1. The number of imidazole rings is 1. The molecule has 0 aliphatic carbocycles. The van der Waals surface area contributed by atoms with Crippen LogP contribution >= 0.6 is 11.3 Å². The standard InChI is InChI=1S/C28H27FN4O4S/c1-17-26(38-28-30-20-9-4-5-10-21(20)33(17)28)24(34)22-23(18-7-2-3-8-19(18)29)32(27(36)25(22)35)12-6-11-31-13-15-37-16-14-31/h2-5,7-10,23,35H,6,11-16H2,1H3. The number of amides is 1. The number of aryl methyl sites for hydroxylation is 1. The number of aromatic nitrogens is 2. The molecule has 10 heteroatoms. The average Bonchev–Trinajstić information content (AvgIpc) is 3.54. The highest BCUT2D eigenvalue weighted by Crippen LogP contribution is 2.41. The molecule has 0 radical (unpaired) electrons. The van der Waals surface area contributed by atoms with Gasteiger partial charge in [-0.2, -0.15) is 0 Å². The lowest BCUT2D eigenvalue weighted by Gasteiger charge is -2.30. The normalized spacial score (nSPS) is 18.8. The molecule has 196 valence electrons. The minimum Gasteiger partial charge on any atom is -0.503 e. The number of Topliss-reactive ketones (excluding diaryl/α,β-unsaturated/α-hetero) is 1. The Hall–Kier alpha value is -3.60. The van der Waals surface area contributed by atoms with Crippen LogP contribution in [0.25, 0.3) is 16.0 Å². The van der Waals surface area contributed by atoms with Gasteiger partial charge in [0.1, 0.15) is 5.82 Å². The number of ketones is 1. The summed E-state index contributed by atoms with van der Waals surface area (Å²) in [7, 11) is 0. The first-order chi connectivity index (χ1) is 18.5. The lowest BCUT2D eigenvalue weighted by atomic mass is 9.94. The van der Waals surface area contributed by atoms with Gasteiger partial charge in [0.05, 0.1) is 40.7 Å². The molecule has 2 aliphatic heterocycles. The highest BCUT2D eigenvalue weighted by Gasteiger charge is 2.45. The molecule has 0 saturated carbocycles. The minimum atomic E-state index is -1.02. The van der Waals surface area contributed by atoms with Gasteiger partial charge < -0.3 is 14.7 Å². The molecule has 1 atom stereocenters. The smallest absolute Gasteiger partial charge is 0.290 e. The molecule has 0 spiro atoms. The van der Waals surface area contributed by atoms with Crippen LogP contribution < -0.4 is 0 Å². The Kier molecular flexibility index (Phi) is 6.46. The van der Waals surface area contributed by atoms with E-state index in [2.05, 4.69) is 9.88 Å². The van der Waals surface area contributed by atoms with Crippen LogP contribution in [0.5, 0.6) is 0 Å². The van der Waals surface area contributed by atoms with Crippen molar-refractivity contribution in [2.75, 3.05) is 39.4 Å². The predicted octanol–water partition coefficient (Wildman–Crippen LogP) is 4.30. The number of fused-ring (bicyclic) bond motifs is 3. The number of aliphatic hydroxyl groups is 1. The highest BCUT2D eigenvalue weighted by molar-refractivity contribution is 7.19. The summed E-state index contributed by atoms with van der Waals surface area (Å²) in [5.74, 6) is -2.30. The van der Waals surface area contributed by atoms with Crippen LogP contribution in [0.4, 0.5) is 4.39 Å². The summed E-state index contributed by atoms with van der Waals surface area (Å²) in [6, 6.07) is 12.7. The number of ether oxygens (including phenoxy) is 1. The number of halogens is 1. The van der Waals surface area contributed by atoms with Crippen molar-refractivity contribution in [3.8, 4) is 0 Å². The number of para-hydroxylation sites is 2. The second-order valence-electron chi connectivity index (χ2n) is 9.56. The summed E-state index contributed by atoms with van der Waals surface area (Å²) < 4.78 is 22.4. The number of carbonyl (C=O) groups excluding carboxylic acids is 2. The third-order valence-electron chi connectivity index (χ3n) is 7.32. The number of nitrogens with zero attached hydrogens (tertiary/aromatic N) is 4. The van der Waals surface area contributed by atoms with E-state index in [1.165, 1.54) is 22.3 Å². The van der Waals surface area contributed by atoms with Gasteiger partial charge in [-0.3, -0.25) is 18.9 Å². The molecule has 8 nitrogen and oxygen atoms in total. The summed E-state index contributed by atoms with van der Waals surface area (Å²) in [4.78, 5) is 36.6. The van der Waals surface area contributed by atoms with Crippen molar-refractivity contribution >= 4 is 39.0 Å². The molecule has 38 heavy (non-hydrogen) atoms. The Bertz CT molecular complexity index is 1590. The molecule has 1 fully saturated rings. The molecular weight excluding hydrogens is 507 g/mol. The Morgan fingerprint density at radius 3 is 2.66 bits per heavy atom. The fourth-order valence-electron chi connectivity index (χ4n) is 5.42. The molecule has 4 heterocycles. The number of aliphatic hydroxyl groups excluding tert-OH is 1. The van der Waals surface area contributed by atoms with E-state index in [1.807, 2.05) is 35.6 Å². The first-order valence-electron chi connectivity index (χ1n) is 12.7. The van der Waals surface area contributed by atoms with Crippen LogP contribution in [-0.4, -0.2) is 75.4 Å². The van der Waals surface area contributed by atoms with Gasteiger partial charge in [-0.1, -0.05) is 41.7 Å². The number of hydrogen-bond acceptors (Lipinski definition) is 7. The number of rotatable bonds is 7. The third kappa shape index (κ3) is 4.09. The zero-order valence-electron chi connectivity index (χ0n) is 20.9. The molecule has 0 bridgehead atoms. The molecule has 1 N–H and O–H groups in total. The van der Waals surface area contributed by atoms with Gasteiger partial charge in [0.25, 0.3) is 5.91 Å². The van der Waals surface area contributed by atoms with Gasteiger partial charge in [0.2, 0.25) is 5.78 Å². The third-order valence-corrected chi connectivity index (χ3v) is 8.46. The van der Waals surface area contributed by atoms with Gasteiger partial charge in [-0.25, -0.2) is 9.37 Å². The molecule has 2 aromatic carbocycles. The average molecular weight is 535 g/mol. The van der Waals surface area contributed by atoms with E-state index < -0.39 is 29.3 Å². The zero-order chi connectivity index (χ0) is 26.4. The van der Waals surface area contributed by atoms with Crippen LogP contribution in [0.15, 0.2) is 59.9 Å². The number of morpholine rings is 1.